The van der Waals surface area contributed by atoms with E-state index >= 15 is 0 Å². The lowest BCUT2D eigenvalue weighted by Gasteiger charge is -1.97. The maximum Gasteiger partial charge on any atom is 0.186 e. The molecule has 0 N–H and O–H groups in total. The van der Waals surface area contributed by atoms with Gasteiger partial charge in [-0.3, -0.25) is 4.98 Å². The number of hydrogen-bond donors (Lipinski definition) is 0. The van der Waals surface area contributed by atoms with Gasteiger partial charge in [-0.05, 0) is 18.2 Å². The first kappa shape index (κ1) is 15.4. The average molecular weight is 349 g/mol. The second kappa shape index (κ2) is 6.46. The smallest absolute Gasteiger partial charge is 0.186 e. The topological polar surface area (TPSA) is 56.0 Å². The first-order valence-corrected chi connectivity index (χ1v) is 8.69. The molecule has 0 fully saturated rings. The van der Waals surface area contributed by atoms with Crippen molar-refractivity contribution >= 4 is 11.7 Å². The Hall–Kier alpha value is -3.86. The van der Waals surface area contributed by atoms with Crippen LogP contribution in [0.25, 0.3) is 34.4 Å². The van der Waals surface area contributed by atoms with Crippen LogP contribution in [0.5, 0.6) is 0 Å². The molecule has 5 rings (SSSR count). The Morgan fingerprint density at radius 3 is 2.11 bits per heavy atom. The molecule has 0 aliphatic carbocycles. The Balaban J connectivity index is 1.77. The second-order valence-corrected chi connectivity index (χ2v) is 6.14. The van der Waals surface area contributed by atoms with Gasteiger partial charge in [0, 0.05) is 17.3 Å². The lowest BCUT2D eigenvalue weighted by atomic mass is 10.1. The second-order valence-electron chi connectivity index (χ2n) is 6.14. The van der Waals surface area contributed by atoms with E-state index in [9.17, 15) is 0 Å². The third kappa shape index (κ3) is 2.85. The van der Waals surface area contributed by atoms with Crippen LogP contribution >= 0.6 is 0 Å². The minimum atomic E-state index is 0.661. The number of pyridine rings is 1. The maximum atomic E-state index is 4.76. The van der Waals surface area contributed by atoms with Crippen molar-refractivity contribution in [3.8, 4) is 22.6 Å². The molecule has 2 aromatic carbocycles. The quantitative estimate of drug-likeness (QED) is 0.501. The summed E-state index contributed by atoms with van der Waals surface area (Å²) in [6.07, 6.45) is 3.79. The average Bonchev–Trinajstić information content (AvgIpc) is 3.30. The van der Waals surface area contributed by atoms with Crippen molar-refractivity contribution in [3.05, 3.63) is 96.0 Å². The third-order valence-corrected chi connectivity index (χ3v) is 4.34. The van der Waals surface area contributed by atoms with Crippen LogP contribution in [-0.2, 0) is 0 Å². The van der Waals surface area contributed by atoms with Crippen LogP contribution in [0.1, 0.15) is 5.69 Å². The molecule has 0 saturated heterocycles. The van der Waals surface area contributed by atoms with Gasteiger partial charge in [-0.25, -0.2) is 4.98 Å². The fraction of sp³-hybridized carbons (Fsp3) is 0. The van der Waals surface area contributed by atoms with E-state index in [0.717, 1.165) is 33.4 Å². The van der Waals surface area contributed by atoms with Gasteiger partial charge >= 0.3 is 0 Å². The normalized spacial score (nSPS) is 11.9. The van der Waals surface area contributed by atoms with E-state index < -0.39 is 0 Å². The zero-order valence-electron chi connectivity index (χ0n) is 14.4. The summed E-state index contributed by atoms with van der Waals surface area (Å²) >= 11 is 0. The zero-order valence-corrected chi connectivity index (χ0v) is 14.4. The van der Waals surface area contributed by atoms with Crippen molar-refractivity contribution in [1.29, 1.82) is 0 Å². The standard InChI is InChI=1S/C22H15N5/c1-3-9-16(10-4-1)20-19(15-18-13-7-8-14-23-18)22-24-21(26-27(22)25-20)17-11-5-2-6-12-17/h1-15H. The first-order chi connectivity index (χ1) is 13.4. The predicted octanol–water partition coefficient (Wildman–Crippen LogP) is 3.40. The fourth-order valence-corrected chi connectivity index (χ4v) is 3.06. The van der Waals surface area contributed by atoms with Gasteiger partial charge in [0.1, 0.15) is 5.69 Å². The highest BCUT2D eigenvalue weighted by atomic mass is 15.5. The molecule has 0 amide bonds. The SMILES string of the molecule is C(c1ccccn1)=c1c(-c2ccccc2)nn2nc(-c3ccccc3)nc12. The molecule has 0 unspecified atom stereocenters. The van der Waals surface area contributed by atoms with Gasteiger partial charge in [0.15, 0.2) is 11.5 Å². The number of hydrogen-bond acceptors (Lipinski definition) is 4. The van der Waals surface area contributed by atoms with Crippen molar-refractivity contribution in [2.45, 2.75) is 0 Å². The van der Waals surface area contributed by atoms with Crippen LogP contribution < -0.4 is 5.22 Å². The van der Waals surface area contributed by atoms with Crippen LogP contribution in [0, 0.1) is 0 Å². The van der Waals surface area contributed by atoms with Gasteiger partial charge < -0.3 is 0 Å². The molecule has 5 aromatic rings. The van der Waals surface area contributed by atoms with Gasteiger partial charge in [-0.2, -0.15) is 0 Å². The minimum Gasteiger partial charge on any atom is -0.257 e. The van der Waals surface area contributed by atoms with E-state index in [1.165, 1.54) is 0 Å². The van der Waals surface area contributed by atoms with Gasteiger partial charge in [-0.15, -0.1) is 14.8 Å². The summed E-state index contributed by atoms with van der Waals surface area (Å²) in [6, 6.07) is 25.8. The molecule has 0 spiro atoms. The molecule has 0 radical (unpaired) electrons. The van der Waals surface area contributed by atoms with E-state index in [0.29, 0.717) is 5.82 Å². The molecule has 5 heteroatoms. The lowest BCUT2D eigenvalue weighted by Crippen LogP contribution is -2.04. The van der Waals surface area contributed by atoms with Crippen LogP contribution in [0.4, 0.5) is 0 Å². The summed E-state index contributed by atoms with van der Waals surface area (Å²) in [5.74, 6) is 0.661. The number of rotatable bonds is 3. The Labute approximate surface area is 155 Å². The van der Waals surface area contributed by atoms with Crippen molar-refractivity contribution in [1.82, 2.24) is 24.8 Å². The molecule has 0 aliphatic heterocycles. The summed E-state index contributed by atoms with van der Waals surface area (Å²) in [7, 11) is 0. The molecule has 3 heterocycles. The predicted molar refractivity (Wildman–Crippen MR) is 105 cm³/mol. The van der Waals surface area contributed by atoms with Crippen LogP contribution in [-0.4, -0.2) is 24.8 Å². The Kier molecular flexibility index (Phi) is 3.68. The summed E-state index contributed by atoms with van der Waals surface area (Å²) in [5.41, 5.74) is 4.41. The summed E-state index contributed by atoms with van der Waals surface area (Å²) in [4.78, 5) is 9.17. The highest BCUT2D eigenvalue weighted by Gasteiger charge is 2.15. The Morgan fingerprint density at radius 2 is 1.41 bits per heavy atom. The van der Waals surface area contributed by atoms with E-state index in [1.807, 2.05) is 84.9 Å². The Morgan fingerprint density at radius 1 is 0.704 bits per heavy atom. The molecular formula is C22H15N5. The van der Waals surface area contributed by atoms with Gasteiger partial charge in [0.25, 0.3) is 0 Å². The molecule has 5 nitrogen and oxygen atoms in total. The van der Waals surface area contributed by atoms with Gasteiger partial charge in [0.2, 0.25) is 0 Å². The molecule has 3 aromatic heterocycles. The van der Waals surface area contributed by atoms with Crippen LogP contribution in [0.15, 0.2) is 85.1 Å². The Bertz CT molecular complexity index is 1250. The molecular weight excluding hydrogens is 334 g/mol. The minimum absolute atomic E-state index is 0.661. The van der Waals surface area contributed by atoms with Crippen molar-refractivity contribution in [2.24, 2.45) is 0 Å². The van der Waals surface area contributed by atoms with Crippen molar-refractivity contribution in [2.75, 3.05) is 0 Å². The number of nitrogens with zero attached hydrogens (tertiary/aromatic N) is 5. The van der Waals surface area contributed by atoms with Crippen molar-refractivity contribution in [3.63, 3.8) is 0 Å². The van der Waals surface area contributed by atoms with E-state index in [-0.39, 0.29) is 0 Å². The van der Waals surface area contributed by atoms with Crippen LogP contribution in [0.3, 0.4) is 0 Å². The molecule has 0 aliphatic rings. The summed E-state index contributed by atoms with van der Waals surface area (Å²) in [6.45, 7) is 0. The fourth-order valence-electron chi connectivity index (χ4n) is 3.06. The maximum absolute atomic E-state index is 4.76. The summed E-state index contributed by atoms with van der Waals surface area (Å²) in [5, 5.41) is 10.2. The van der Waals surface area contributed by atoms with E-state index in [1.54, 1.807) is 10.8 Å². The highest BCUT2D eigenvalue weighted by Crippen LogP contribution is 2.18. The first-order valence-electron chi connectivity index (χ1n) is 8.69. The lowest BCUT2D eigenvalue weighted by molar-refractivity contribution is 0.828. The van der Waals surface area contributed by atoms with Gasteiger partial charge in [0.05, 0.1) is 10.9 Å². The number of benzene rings is 2. The molecule has 27 heavy (non-hydrogen) atoms. The number of fused-ring (bicyclic) bond motifs is 1. The monoisotopic (exact) mass is 349 g/mol. The largest absolute Gasteiger partial charge is 0.257 e. The highest BCUT2D eigenvalue weighted by molar-refractivity contribution is 5.71. The molecule has 0 saturated carbocycles. The molecule has 128 valence electrons. The van der Waals surface area contributed by atoms with Gasteiger partial charge in [-0.1, -0.05) is 66.7 Å². The number of aromatic nitrogens is 5. The molecule has 0 bridgehead atoms. The van der Waals surface area contributed by atoms with E-state index in [4.69, 9.17) is 10.1 Å². The van der Waals surface area contributed by atoms with E-state index in [2.05, 4.69) is 10.1 Å². The zero-order chi connectivity index (χ0) is 18.1. The van der Waals surface area contributed by atoms with Crippen LogP contribution in [0.2, 0.25) is 0 Å². The van der Waals surface area contributed by atoms with Crippen molar-refractivity contribution < 1.29 is 0 Å². The third-order valence-electron chi connectivity index (χ3n) is 4.34. The molecule has 0 atom stereocenters. The summed E-state index contributed by atoms with van der Waals surface area (Å²) < 4.78 is 1.61.